The number of aryl methyl sites for hydroxylation is 1. The minimum Gasteiger partial charge on any atom is -0.351 e. The van der Waals surface area contributed by atoms with E-state index < -0.39 is 0 Å². The molecule has 0 saturated carbocycles. The highest BCUT2D eigenvalue weighted by Gasteiger charge is 2.18. The fraction of sp³-hybridized carbons (Fsp3) is 0.409. The monoisotopic (exact) mass is 379 g/mol. The molecule has 3 aromatic rings. The largest absolute Gasteiger partial charge is 0.351 e. The van der Waals surface area contributed by atoms with E-state index in [1.165, 1.54) is 0 Å². The van der Waals surface area contributed by atoms with Gasteiger partial charge in [-0.2, -0.15) is 5.10 Å². The third-order valence-electron chi connectivity index (χ3n) is 4.74. The molecule has 0 unspecified atom stereocenters. The molecule has 2 N–H and O–H groups in total. The maximum absolute atomic E-state index is 12.9. The van der Waals surface area contributed by atoms with Crippen LogP contribution in [0.4, 0.5) is 0 Å². The van der Waals surface area contributed by atoms with E-state index in [-0.39, 0.29) is 11.9 Å². The Morgan fingerprint density at radius 1 is 1.18 bits per heavy atom. The molecule has 1 amide bonds. The molecule has 0 aliphatic carbocycles. The Balaban J connectivity index is 2.00. The second-order valence-electron chi connectivity index (χ2n) is 7.30. The van der Waals surface area contributed by atoms with Gasteiger partial charge in [0.25, 0.3) is 5.91 Å². The van der Waals surface area contributed by atoms with E-state index in [1.807, 2.05) is 28.9 Å². The molecule has 0 bridgehead atoms. The molecule has 2 aromatic heterocycles. The zero-order chi connectivity index (χ0) is 20.1. The van der Waals surface area contributed by atoms with E-state index in [0.29, 0.717) is 12.1 Å². The number of amides is 1. The van der Waals surface area contributed by atoms with Crippen molar-refractivity contribution < 1.29 is 4.79 Å². The summed E-state index contributed by atoms with van der Waals surface area (Å²) in [7, 11) is 0. The molecule has 0 aliphatic rings. The molecule has 2 heterocycles. The van der Waals surface area contributed by atoms with E-state index >= 15 is 0 Å². The Hall–Kier alpha value is -2.73. The lowest BCUT2D eigenvalue weighted by molar-refractivity contribution is 0.0955. The van der Waals surface area contributed by atoms with Gasteiger partial charge in [-0.05, 0) is 45.4 Å². The Bertz CT molecular complexity index is 961. The van der Waals surface area contributed by atoms with Crippen LogP contribution in [0.2, 0.25) is 0 Å². The number of carbonyl (C=O) groups excluding carboxylic acids is 1. The zero-order valence-corrected chi connectivity index (χ0v) is 17.1. The number of hydrogen-bond acceptors (Lipinski definition) is 4. The van der Waals surface area contributed by atoms with E-state index in [2.05, 4.69) is 49.5 Å². The number of fused-ring (bicyclic) bond motifs is 1. The van der Waals surface area contributed by atoms with Crippen molar-refractivity contribution in [1.82, 2.24) is 25.4 Å². The topological polar surface area (TPSA) is 71.8 Å². The van der Waals surface area contributed by atoms with Crippen molar-refractivity contribution in [2.45, 2.75) is 40.2 Å². The highest BCUT2D eigenvalue weighted by molar-refractivity contribution is 6.06. The number of rotatable bonds is 8. The van der Waals surface area contributed by atoms with E-state index in [1.54, 1.807) is 6.20 Å². The van der Waals surface area contributed by atoms with Crippen molar-refractivity contribution in [3.05, 3.63) is 47.7 Å². The standard InChI is InChI=1S/C22H29N5O/c1-5-10-23-11-12-24-22(28)18-13-20(17-9-7-6-8-16(17)4)26-21-19(18)14-25-27(21)15(2)3/h6-9,13-15,23H,5,10-12H2,1-4H3,(H,24,28). The van der Waals surface area contributed by atoms with Crippen molar-refractivity contribution in [2.24, 2.45) is 0 Å². The quantitative estimate of drug-likeness (QED) is 0.585. The van der Waals surface area contributed by atoms with Crippen LogP contribution < -0.4 is 10.6 Å². The highest BCUT2D eigenvalue weighted by atomic mass is 16.1. The van der Waals surface area contributed by atoms with Gasteiger partial charge in [0.1, 0.15) is 0 Å². The van der Waals surface area contributed by atoms with Crippen molar-refractivity contribution in [1.29, 1.82) is 0 Å². The molecule has 0 radical (unpaired) electrons. The van der Waals surface area contributed by atoms with Crippen molar-refractivity contribution >= 4 is 16.9 Å². The molecule has 28 heavy (non-hydrogen) atoms. The molecule has 0 aliphatic heterocycles. The van der Waals surface area contributed by atoms with Gasteiger partial charge >= 0.3 is 0 Å². The molecule has 0 spiro atoms. The molecule has 0 fully saturated rings. The first kappa shape index (κ1) is 20.0. The van der Waals surface area contributed by atoms with Gasteiger partial charge in [-0.15, -0.1) is 0 Å². The summed E-state index contributed by atoms with van der Waals surface area (Å²) in [6.45, 7) is 10.6. The third-order valence-corrected chi connectivity index (χ3v) is 4.74. The van der Waals surface area contributed by atoms with Gasteiger partial charge in [0.15, 0.2) is 5.65 Å². The average molecular weight is 380 g/mol. The van der Waals surface area contributed by atoms with Crippen LogP contribution in [0.3, 0.4) is 0 Å². The van der Waals surface area contributed by atoms with Gasteiger partial charge < -0.3 is 10.6 Å². The lowest BCUT2D eigenvalue weighted by atomic mass is 10.0. The Morgan fingerprint density at radius 2 is 1.96 bits per heavy atom. The molecule has 0 atom stereocenters. The predicted octanol–water partition coefficient (Wildman–Crippen LogP) is 3.72. The molecule has 6 heteroatoms. The van der Waals surface area contributed by atoms with Gasteiger partial charge in [0, 0.05) is 24.7 Å². The average Bonchev–Trinajstić information content (AvgIpc) is 3.11. The maximum Gasteiger partial charge on any atom is 0.252 e. The summed E-state index contributed by atoms with van der Waals surface area (Å²) in [6.07, 6.45) is 2.82. The lowest BCUT2D eigenvalue weighted by Gasteiger charge is -2.12. The summed E-state index contributed by atoms with van der Waals surface area (Å²) < 4.78 is 1.87. The molecule has 6 nitrogen and oxygen atoms in total. The number of hydrogen-bond donors (Lipinski definition) is 2. The van der Waals surface area contributed by atoms with Gasteiger partial charge in [-0.1, -0.05) is 31.2 Å². The van der Waals surface area contributed by atoms with E-state index in [4.69, 9.17) is 4.98 Å². The number of nitrogens with one attached hydrogen (secondary N) is 2. The molecule has 1 aromatic carbocycles. The number of pyridine rings is 1. The van der Waals surface area contributed by atoms with Crippen molar-refractivity contribution in [3.63, 3.8) is 0 Å². The van der Waals surface area contributed by atoms with Crippen LogP contribution in [0.5, 0.6) is 0 Å². The number of benzene rings is 1. The fourth-order valence-corrected chi connectivity index (χ4v) is 3.24. The Kier molecular flexibility index (Phi) is 6.41. The van der Waals surface area contributed by atoms with Crippen LogP contribution in [-0.4, -0.2) is 40.3 Å². The molecular formula is C22H29N5O. The molecule has 0 saturated heterocycles. The van der Waals surface area contributed by atoms with E-state index in [0.717, 1.165) is 47.4 Å². The first-order chi connectivity index (χ1) is 13.5. The molecule has 3 rings (SSSR count). The first-order valence-corrected chi connectivity index (χ1v) is 9.96. The van der Waals surface area contributed by atoms with Crippen LogP contribution in [0, 0.1) is 6.92 Å². The van der Waals surface area contributed by atoms with Gasteiger partial charge in [0.2, 0.25) is 0 Å². The van der Waals surface area contributed by atoms with Gasteiger partial charge in [-0.3, -0.25) is 4.79 Å². The second kappa shape index (κ2) is 8.97. The summed E-state index contributed by atoms with van der Waals surface area (Å²) in [5, 5.41) is 11.6. The van der Waals surface area contributed by atoms with Crippen LogP contribution in [0.15, 0.2) is 36.5 Å². The van der Waals surface area contributed by atoms with Gasteiger partial charge in [0.05, 0.1) is 22.8 Å². The zero-order valence-electron chi connectivity index (χ0n) is 17.1. The predicted molar refractivity (Wildman–Crippen MR) is 114 cm³/mol. The van der Waals surface area contributed by atoms with Crippen molar-refractivity contribution in [2.75, 3.05) is 19.6 Å². The fourth-order valence-electron chi connectivity index (χ4n) is 3.24. The Morgan fingerprint density at radius 3 is 2.68 bits per heavy atom. The second-order valence-corrected chi connectivity index (χ2v) is 7.30. The smallest absolute Gasteiger partial charge is 0.252 e. The SMILES string of the molecule is CCCNCCNC(=O)c1cc(-c2ccccc2C)nc2c1cnn2C(C)C. The summed E-state index contributed by atoms with van der Waals surface area (Å²) in [4.78, 5) is 17.8. The summed E-state index contributed by atoms with van der Waals surface area (Å²) in [5.41, 5.74) is 4.30. The number of carbonyl (C=O) groups is 1. The summed E-state index contributed by atoms with van der Waals surface area (Å²) >= 11 is 0. The lowest BCUT2D eigenvalue weighted by Crippen LogP contribution is -2.32. The van der Waals surface area contributed by atoms with E-state index in [9.17, 15) is 4.79 Å². The normalized spacial score (nSPS) is 11.3. The van der Waals surface area contributed by atoms with Crippen molar-refractivity contribution in [3.8, 4) is 11.3 Å². The number of aromatic nitrogens is 3. The van der Waals surface area contributed by atoms with Crippen LogP contribution in [-0.2, 0) is 0 Å². The molecular weight excluding hydrogens is 350 g/mol. The maximum atomic E-state index is 12.9. The summed E-state index contributed by atoms with van der Waals surface area (Å²) in [5.74, 6) is -0.0937. The minimum absolute atomic E-state index is 0.0937. The summed E-state index contributed by atoms with van der Waals surface area (Å²) in [6, 6.07) is 10.1. The van der Waals surface area contributed by atoms with Crippen LogP contribution in [0.25, 0.3) is 22.3 Å². The number of nitrogens with zero attached hydrogens (tertiary/aromatic N) is 3. The van der Waals surface area contributed by atoms with Gasteiger partial charge in [-0.25, -0.2) is 9.67 Å². The first-order valence-electron chi connectivity index (χ1n) is 9.96. The third kappa shape index (κ3) is 4.22. The Labute approximate surface area is 166 Å². The molecule has 148 valence electrons. The highest BCUT2D eigenvalue weighted by Crippen LogP contribution is 2.28. The van der Waals surface area contributed by atoms with Crippen LogP contribution in [0.1, 0.15) is 49.2 Å². The minimum atomic E-state index is -0.0937. The van der Waals surface area contributed by atoms with Crippen LogP contribution >= 0.6 is 0 Å².